The topological polar surface area (TPSA) is 49.4 Å². The zero-order valence-corrected chi connectivity index (χ0v) is 14.2. The number of benzene rings is 1. The first-order valence-electron chi connectivity index (χ1n) is 9.33. The Bertz CT molecular complexity index is 614. The lowest BCUT2D eigenvalue weighted by atomic mass is 9.89. The minimum Gasteiger partial charge on any atom is -0.342 e. The van der Waals surface area contributed by atoms with Crippen molar-refractivity contribution in [1.82, 2.24) is 4.90 Å². The van der Waals surface area contributed by atoms with Gasteiger partial charge in [0.1, 0.15) is 0 Å². The Morgan fingerprint density at radius 1 is 1.04 bits per heavy atom. The minimum absolute atomic E-state index is 0.126. The molecule has 0 bridgehead atoms. The summed E-state index contributed by atoms with van der Waals surface area (Å²) in [6.07, 6.45) is 7.50. The largest absolute Gasteiger partial charge is 0.342 e. The summed E-state index contributed by atoms with van der Waals surface area (Å²) in [4.78, 5) is 27.1. The second kappa shape index (κ2) is 6.23. The van der Waals surface area contributed by atoms with Gasteiger partial charge in [-0.3, -0.25) is 9.59 Å². The van der Waals surface area contributed by atoms with Crippen LogP contribution in [0.4, 0.5) is 5.69 Å². The van der Waals surface area contributed by atoms with Crippen molar-refractivity contribution in [3.05, 3.63) is 30.3 Å². The number of nitrogens with one attached hydrogen (secondary N) is 1. The van der Waals surface area contributed by atoms with Crippen molar-refractivity contribution >= 4 is 17.5 Å². The highest BCUT2D eigenvalue weighted by Crippen LogP contribution is 2.59. The number of likely N-dealkylation sites (tertiary alicyclic amines) is 1. The quantitative estimate of drug-likeness (QED) is 0.925. The molecule has 1 heterocycles. The highest BCUT2D eigenvalue weighted by Gasteiger charge is 2.58. The number of anilines is 1. The summed E-state index contributed by atoms with van der Waals surface area (Å²) in [7, 11) is 0. The number of para-hydroxylation sites is 1. The van der Waals surface area contributed by atoms with Crippen molar-refractivity contribution in [2.75, 3.05) is 18.4 Å². The maximum Gasteiger partial charge on any atom is 0.228 e. The molecule has 24 heavy (non-hydrogen) atoms. The van der Waals surface area contributed by atoms with Crippen LogP contribution in [0.5, 0.6) is 0 Å². The van der Waals surface area contributed by atoms with Crippen molar-refractivity contribution in [2.45, 2.75) is 44.9 Å². The van der Waals surface area contributed by atoms with Crippen LogP contribution in [0.3, 0.4) is 0 Å². The van der Waals surface area contributed by atoms with E-state index in [1.54, 1.807) is 0 Å². The van der Waals surface area contributed by atoms with Gasteiger partial charge in [-0.2, -0.15) is 0 Å². The van der Waals surface area contributed by atoms with Gasteiger partial charge < -0.3 is 10.2 Å². The Kier molecular flexibility index (Phi) is 4.07. The number of carbonyl (C=O) groups excluding carboxylic acids is 2. The van der Waals surface area contributed by atoms with Crippen molar-refractivity contribution in [2.24, 2.45) is 17.3 Å². The number of hydrogen-bond donors (Lipinski definition) is 1. The summed E-state index contributed by atoms with van der Waals surface area (Å²) in [5.74, 6) is 0.918. The number of amides is 2. The highest BCUT2D eigenvalue weighted by atomic mass is 16.2. The van der Waals surface area contributed by atoms with Gasteiger partial charge in [0.05, 0.1) is 0 Å². The zero-order valence-electron chi connectivity index (χ0n) is 14.2. The van der Waals surface area contributed by atoms with E-state index in [-0.39, 0.29) is 23.2 Å². The van der Waals surface area contributed by atoms with Crippen LogP contribution in [0.2, 0.25) is 0 Å². The summed E-state index contributed by atoms with van der Waals surface area (Å²) < 4.78 is 0. The van der Waals surface area contributed by atoms with Crippen molar-refractivity contribution in [1.29, 1.82) is 0 Å². The maximum atomic E-state index is 12.5. The monoisotopic (exact) mass is 326 g/mol. The van der Waals surface area contributed by atoms with E-state index in [1.165, 1.54) is 12.8 Å². The van der Waals surface area contributed by atoms with E-state index in [2.05, 4.69) is 10.2 Å². The molecule has 4 rings (SSSR count). The van der Waals surface area contributed by atoms with Crippen LogP contribution in [0.25, 0.3) is 0 Å². The van der Waals surface area contributed by atoms with Crippen LogP contribution in [0.15, 0.2) is 30.3 Å². The van der Waals surface area contributed by atoms with Gasteiger partial charge in [0.25, 0.3) is 0 Å². The number of hydrogen-bond acceptors (Lipinski definition) is 2. The molecule has 4 nitrogen and oxygen atoms in total. The van der Waals surface area contributed by atoms with Gasteiger partial charge in [0.2, 0.25) is 11.8 Å². The van der Waals surface area contributed by atoms with E-state index in [4.69, 9.17) is 0 Å². The SMILES string of the molecule is O=C(Nc1ccccc1)[C@@H]1CC12CCN(C(=O)C1CCCC1)CC2. The molecule has 0 radical (unpaired) electrons. The van der Waals surface area contributed by atoms with Crippen molar-refractivity contribution in [3.63, 3.8) is 0 Å². The molecule has 1 atom stereocenters. The summed E-state index contributed by atoms with van der Waals surface area (Å²) in [6.45, 7) is 1.68. The predicted molar refractivity (Wildman–Crippen MR) is 93.4 cm³/mol. The average molecular weight is 326 g/mol. The molecule has 0 aromatic heterocycles. The molecule has 4 heteroatoms. The lowest BCUT2D eigenvalue weighted by molar-refractivity contribution is -0.137. The highest BCUT2D eigenvalue weighted by molar-refractivity contribution is 5.95. The van der Waals surface area contributed by atoms with Crippen LogP contribution >= 0.6 is 0 Å². The second-order valence-electron chi connectivity index (χ2n) is 7.78. The maximum absolute atomic E-state index is 12.5. The molecule has 3 fully saturated rings. The average Bonchev–Trinajstić information content (AvgIpc) is 3.06. The molecule has 1 spiro atoms. The van der Waals surface area contributed by atoms with E-state index in [0.717, 1.165) is 50.9 Å². The molecule has 2 aliphatic carbocycles. The van der Waals surface area contributed by atoms with Crippen LogP contribution < -0.4 is 5.32 Å². The lowest BCUT2D eigenvalue weighted by Crippen LogP contribution is -2.42. The zero-order chi connectivity index (χ0) is 16.6. The molecule has 2 saturated carbocycles. The Labute approximate surface area is 143 Å². The first kappa shape index (κ1) is 15.7. The molecule has 3 aliphatic rings. The fourth-order valence-corrected chi connectivity index (χ4v) is 4.63. The molecule has 1 N–H and O–H groups in total. The number of rotatable bonds is 3. The van der Waals surface area contributed by atoms with Crippen molar-refractivity contribution < 1.29 is 9.59 Å². The molecule has 1 aromatic rings. The molecule has 128 valence electrons. The van der Waals surface area contributed by atoms with E-state index in [9.17, 15) is 9.59 Å². The molecule has 1 aromatic carbocycles. The minimum atomic E-state index is 0.126. The standard InChI is InChI=1S/C20H26N2O2/c23-18(21-16-8-2-1-3-9-16)17-14-20(17)10-12-22(13-11-20)19(24)15-6-4-5-7-15/h1-3,8-9,15,17H,4-7,10-14H2,(H,21,23)/t17-/m0/s1. The Balaban J connectivity index is 1.30. The first-order chi connectivity index (χ1) is 11.7. The van der Waals surface area contributed by atoms with Crippen LogP contribution in [-0.2, 0) is 9.59 Å². The third-order valence-electron chi connectivity index (χ3n) is 6.32. The summed E-state index contributed by atoms with van der Waals surface area (Å²) in [6, 6.07) is 9.67. The summed E-state index contributed by atoms with van der Waals surface area (Å²) >= 11 is 0. The number of piperidine rings is 1. The molecule has 1 saturated heterocycles. The van der Waals surface area contributed by atoms with Crippen LogP contribution in [0.1, 0.15) is 44.9 Å². The summed E-state index contributed by atoms with van der Waals surface area (Å²) in [5, 5.41) is 3.03. The number of carbonyl (C=O) groups is 2. The normalized spacial score (nSPS) is 25.7. The van der Waals surface area contributed by atoms with Crippen LogP contribution in [0, 0.1) is 17.3 Å². The van der Waals surface area contributed by atoms with E-state index in [0.29, 0.717) is 5.91 Å². The van der Waals surface area contributed by atoms with E-state index < -0.39 is 0 Å². The smallest absolute Gasteiger partial charge is 0.228 e. The molecule has 0 unspecified atom stereocenters. The van der Waals surface area contributed by atoms with Gasteiger partial charge >= 0.3 is 0 Å². The van der Waals surface area contributed by atoms with E-state index >= 15 is 0 Å². The third-order valence-corrected chi connectivity index (χ3v) is 6.32. The first-order valence-corrected chi connectivity index (χ1v) is 9.33. The van der Waals surface area contributed by atoms with Gasteiger partial charge in [-0.05, 0) is 49.7 Å². The predicted octanol–water partition coefficient (Wildman–Crippen LogP) is 3.44. The molecular weight excluding hydrogens is 300 g/mol. The fraction of sp³-hybridized carbons (Fsp3) is 0.600. The van der Waals surface area contributed by atoms with Gasteiger partial charge in [-0.1, -0.05) is 31.0 Å². The number of nitrogens with zero attached hydrogens (tertiary/aromatic N) is 1. The van der Waals surface area contributed by atoms with Crippen molar-refractivity contribution in [3.8, 4) is 0 Å². The Morgan fingerprint density at radius 3 is 2.38 bits per heavy atom. The molecular formula is C20H26N2O2. The Hall–Kier alpha value is -1.84. The fourth-order valence-electron chi connectivity index (χ4n) is 4.63. The molecule has 1 aliphatic heterocycles. The van der Waals surface area contributed by atoms with Crippen LogP contribution in [-0.4, -0.2) is 29.8 Å². The Morgan fingerprint density at radius 2 is 1.71 bits per heavy atom. The molecule has 2 amide bonds. The van der Waals surface area contributed by atoms with Gasteiger partial charge in [0.15, 0.2) is 0 Å². The third kappa shape index (κ3) is 2.94. The summed E-state index contributed by atoms with van der Waals surface area (Å²) in [5.41, 5.74) is 1.03. The van der Waals surface area contributed by atoms with Gasteiger partial charge in [0, 0.05) is 30.6 Å². The van der Waals surface area contributed by atoms with Gasteiger partial charge in [-0.15, -0.1) is 0 Å². The second-order valence-corrected chi connectivity index (χ2v) is 7.78. The van der Waals surface area contributed by atoms with Gasteiger partial charge in [-0.25, -0.2) is 0 Å². The lowest BCUT2D eigenvalue weighted by Gasteiger charge is -2.34. The van der Waals surface area contributed by atoms with E-state index in [1.807, 2.05) is 30.3 Å².